The summed E-state index contributed by atoms with van der Waals surface area (Å²) in [6, 6.07) is 4.61. The molecule has 0 saturated heterocycles. The van der Waals surface area contributed by atoms with E-state index in [1.807, 2.05) is 0 Å². The molecular weight excluding hydrogens is 252 g/mol. The highest BCUT2D eigenvalue weighted by Gasteiger charge is 2.09. The lowest BCUT2D eigenvalue weighted by molar-refractivity contribution is -0.111. The van der Waals surface area contributed by atoms with Crippen LogP contribution in [0, 0.1) is 11.8 Å². The van der Waals surface area contributed by atoms with Gasteiger partial charge in [0.1, 0.15) is 0 Å². The SMILES string of the molecule is CC#CC(=O)Nc1nc2ccc(C(=O)O)cc2s1. The fraction of sp³-hybridized carbons (Fsp3) is 0.0833. The van der Waals surface area contributed by atoms with Crippen molar-refractivity contribution in [3.8, 4) is 11.8 Å². The van der Waals surface area contributed by atoms with E-state index in [1.54, 1.807) is 13.0 Å². The molecule has 2 rings (SSSR count). The molecule has 2 N–H and O–H groups in total. The number of aromatic carboxylic acids is 1. The zero-order valence-corrected chi connectivity index (χ0v) is 10.2. The number of carboxylic acids is 1. The van der Waals surface area contributed by atoms with Gasteiger partial charge in [-0.1, -0.05) is 17.3 Å². The van der Waals surface area contributed by atoms with E-state index < -0.39 is 11.9 Å². The van der Waals surface area contributed by atoms with Crippen LogP contribution in [0.2, 0.25) is 0 Å². The number of aromatic nitrogens is 1. The van der Waals surface area contributed by atoms with E-state index in [-0.39, 0.29) is 5.56 Å². The lowest BCUT2D eigenvalue weighted by atomic mass is 10.2. The maximum atomic E-state index is 11.3. The van der Waals surface area contributed by atoms with Crippen LogP contribution in [-0.4, -0.2) is 22.0 Å². The Morgan fingerprint density at radius 2 is 2.22 bits per heavy atom. The molecular formula is C12H8N2O3S. The van der Waals surface area contributed by atoms with E-state index in [0.29, 0.717) is 15.3 Å². The van der Waals surface area contributed by atoms with Crippen LogP contribution in [0.15, 0.2) is 18.2 Å². The summed E-state index contributed by atoms with van der Waals surface area (Å²) in [4.78, 5) is 26.2. The van der Waals surface area contributed by atoms with Crippen molar-refractivity contribution in [1.29, 1.82) is 0 Å². The fourth-order valence-electron chi connectivity index (χ4n) is 1.35. The number of hydrogen-bond acceptors (Lipinski definition) is 4. The Labute approximate surface area is 106 Å². The predicted octanol–water partition coefficient (Wildman–Crippen LogP) is 1.96. The lowest BCUT2D eigenvalue weighted by Crippen LogP contribution is -2.07. The molecule has 0 unspecified atom stereocenters. The van der Waals surface area contributed by atoms with Gasteiger partial charge in [0, 0.05) is 0 Å². The zero-order chi connectivity index (χ0) is 13.1. The molecule has 6 heteroatoms. The molecule has 0 bridgehead atoms. The first-order valence-electron chi connectivity index (χ1n) is 4.98. The minimum absolute atomic E-state index is 0.192. The molecule has 0 aliphatic rings. The molecule has 1 aromatic heterocycles. The number of nitrogens with one attached hydrogen (secondary N) is 1. The number of anilines is 1. The standard InChI is InChI=1S/C12H8N2O3S/c1-2-3-10(15)14-12-13-8-5-4-7(11(16)17)6-9(8)18-12/h4-6H,1H3,(H,16,17)(H,13,14,15). The number of amides is 1. The van der Waals surface area contributed by atoms with Crippen molar-refractivity contribution in [3.63, 3.8) is 0 Å². The van der Waals surface area contributed by atoms with Crippen LogP contribution in [0.1, 0.15) is 17.3 Å². The molecule has 1 heterocycles. The van der Waals surface area contributed by atoms with Crippen LogP contribution >= 0.6 is 11.3 Å². The molecule has 0 aliphatic heterocycles. The Kier molecular flexibility index (Phi) is 3.26. The summed E-state index contributed by atoms with van der Waals surface area (Å²) in [6.07, 6.45) is 0. The highest BCUT2D eigenvalue weighted by molar-refractivity contribution is 7.22. The van der Waals surface area contributed by atoms with Crippen molar-refractivity contribution in [1.82, 2.24) is 4.98 Å². The molecule has 2 aromatic rings. The summed E-state index contributed by atoms with van der Waals surface area (Å²) in [5, 5.41) is 11.8. The quantitative estimate of drug-likeness (QED) is 0.809. The summed E-state index contributed by atoms with van der Waals surface area (Å²) in [7, 11) is 0. The monoisotopic (exact) mass is 260 g/mol. The van der Waals surface area contributed by atoms with E-state index >= 15 is 0 Å². The van der Waals surface area contributed by atoms with Gasteiger partial charge in [-0.2, -0.15) is 0 Å². The number of fused-ring (bicyclic) bond motifs is 1. The van der Waals surface area contributed by atoms with Crippen LogP contribution in [-0.2, 0) is 4.79 Å². The van der Waals surface area contributed by atoms with Gasteiger partial charge in [-0.25, -0.2) is 9.78 Å². The molecule has 90 valence electrons. The summed E-state index contributed by atoms with van der Waals surface area (Å²) in [6.45, 7) is 1.57. The van der Waals surface area contributed by atoms with Gasteiger partial charge in [0.2, 0.25) is 0 Å². The van der Waals surface area contributed by atoms with Gasteiger partial charge >= 0.3 is 11.9 Å². The Hall–Kier alpha value is -2.39. The van der Waals surface area contributed by atoms with Gasteiger partial charge in [0.05, 0.1) is 15.8 Å². The van der Waals surface area contributed by atoms with Crippen LogP contribution in [0.5, 0.6) is 0 Å². The van der Waals surface area contributed by atoms with Crippen molar-refractivity contribution < 1.29 is 14.7 Å². The molecule has 0 fully saturated rings. The number of thiazole rings is 1. The van der Waals surface area contributed by atoms with Crippen molar-refractivity contribution in [2.24, 2.45) is 0 Å². The summed E-state index contributed by atoms with van der Waals surface area (Å²) >= 11 is 1.21. The summed E-state index contributed by atoms with van der Waals surface area (Å²) in [5.74, 6) is 3.40. The Bertz CT molecular complexity index is 694. The molecule has 0 saturated carbocycles. The van der Waals surface area contributed by atoms with Crippen molar-refractivity contribution in [2.45, 2.75) is 6.92 Å². The predicted molar refractivity (Wildman–Crippen MR) is 68.7 cm³/mol. The normalized spacial score (nSPS) is 9.61. The zero-order valence-electron chi connectivity index (χ0n) is 9.35. The largest absolute Gasteiger partial charge is 0.478 e. The number of carboxylic acid groups (broad SMARTS) is 1. The van der Waals surface area contributed by atoms with Crippen molar-refractivity contribution in [3.05, 3.63) is 23.8 Å². The summed E-state index contributed by atoms with van der Waals surface area (Å²) in [5.41, 5.74) is 0.835. The fourth-order valence-corrected chi connectivity index (χ4v) is 2.25. The molecule has 1 amide bonds. The van der Waals surface area contributed by atoms with E-state index in [1.165, 1.54) is 23.5 Å². The second kappa shape index (κ2) is 4.85. The number of nitrogens with zero attached hydrogens (tertiary/aromatic N) is 1. The Morgan fingerprint density at radius 3 is 2.89 bits per heavy atom. The van der Waals surface area contributed by atoms with Gasteiger partial charge < -0.3 is 5.11 Å². The maximum Gasteiger partial charge on any atom is 0.335 e. The second-order valence-electron chi connectivity index (χ2n) is 3.34. The van der Waals surface area contributed by atoms with E-state index in [9.17, 15) is 9.59 Å². The molecule has 18 heavy (non-hydrogen) atoms. The lowest BCUT2D eigenvalue weighted by Gasteiger charge is -1.91. The van der Waals surface area contributed by atoms with Crippen LogP contribution in [0.4, 0.5) is 5.13 Å². The minimum atomic E-state index is -0.993. The molecule has 0 aliphatic carbocycles. The van der Waals surface area contributed by atoms with Gasteiger partial charge in [0.25, 0.3) is 0 Å². The van der Waals surface area contributed by atoms with Gasteiger partial charge in [-0.15, -0.1) is 0 Å². The Morgan fingerprint density at radius 1 is 1.44 bits per heavy atom. The number of carbonyl (C=O) groups excluding carboxylic acids is 1. The van der Waals surface area contributed by atoms with Crippen molar-refractivity contribution >= 4 is 38.6 Å². The number of hydrogen-bond donors (Lipinski definition) is 2. The van der Waals surface area contributed by atoms with E-state index in [0.717, 1.165) is 0 Å². The molecule has 0 radical (unpaired) electrons. The first-order chi connectivity index (χ1) is 8.60. The summed E-state index contributed by atoms with van der Waals surface area (Å²) < 4.78 is 0.703. The highest BCUT2D eigenvalue weighted by atomic mass is 32.1. The average Bonchev–Trinajstić information content (AvgIpc) is 2.69. The van der Waals surface area contributed by atoms with Gasteiger partial charge in [-0.05, 0) is 31.0 Å². The maximum absolute atomic E-state index is 11.3. The van der Waals surface area contributed by atoms with Crippen molar-refractivity contribution in [2.75, 3.05) is 5.32 Å². The second-order valence-corrected chi connectivity index (χ2v) is 4.37. The highest BCUT2D eigenvalue weighted by Crippen LogP contribution is 2.26. The topological polar surface area (TPSA) is 79.3 Å². The van der Waals surface area contributed by atoms with Gasteiger partial charge in [-0.3, -0.25) is 10.1 Å². The molecule has 5 nitrogen and oxygen atoms in total. The van der Waals surface area contributed by atoms with Crippen LogP contribution in [0.3, 0.4) is 0 Å². The third kappa shape index (κ3) is 2.47. The number of carbonyl (C=O) groups is 2. The van der Waals surface area contributed by atoms with Crippen LogP contribution < -0.4 is 5.32 Å². The molecule has 0 spiro atoms. The molecule has 0 atom stereocenters. The third-order valence-corrected chi connectivity index (χ3v) is 3.03. The van der Waals surface area contributed by atoms with Gasteiger partial charge in [0.15, 0.2) is 5.13 Å². The first-order valence-corrected chi connectivity index (χ1v) is 5.79. The van der Waals surface area contributed by atoms with Crippen LogP contribution in [0.25, 0.3) is 10.2 Å². The van der Waals surface area contributed by atoms with E-state index in [2.05, 4.69) is 22.1 Å². The molecule has 1 aromatic carbocycles. The third-order valence-electron chi connectivity index (χ3n) is 2.09. The Balaban J connectivity index is 2.34. The van der Waals surface area contributed by atoms with E-state index in [4.69, 9.17) is 5.11 Å². The smallest absolute Gasteiger partial charge is 0.335 e. The number of rotatable bonds is 2. The first kappa shape index (κ1) is 12.1. The average molecular weight is 260 g/mol. The minimum Gasteiger partial charge on any atom is -0.478 e. The number of benzene rings is 1.